The molecule has 0 spiro atoms. The van der Waals surface area contributed by atoms with Crippen molar-refractivity contribution in [2.45, 2.75) is 45.3 Å². The largest absolute Gasteiger partial charge is 0.480 e. The number of carboxylic acids is 1. The summed E-state index contributed by atoms with van der Waals surface area (Å²) in [5.41, 5.74) is -0.572. The molecule has 0 saturated carbocycles. The summed E-state index contributed by atoms with van der Waals surface area (Å²) in [5.74, 6) is -1.99. The first-order valence-corrected chi connectivity index (χ1v) is 5.50. The molecule has 2 N–H and O–H groups in total. The summed E-state index contributed by atoms with van der Waals surface area (Å²) < 4.78 is 5.22. The van der Waals surface area contributed by atoms with E-state index in [0.29, 0.717) is 13.0 Å². The highest BCUT2D eigenvalue weighted by molar-refractivity contribution is 5.84. The van der Waals surface area contributed by atoms with Crippen LogP contribution in [0.15, 0.2) is 0 Å². The number of rotatable bonds is 2. The average molecular weight is 229 g/mol. The van der Waals surface area contributed by atoms with Gasteiger partial charge in [-0.05, 0) is 40.2 Å². The van der Waals surface area contributed by atoms with Gasteiger partial charge < -0.3 is 15.2 Å². The molecule has 92 valence electrons. The van der Waals surface area contributed by atoms with Gasteiger partial charge in [-0.3, -0.25) is 9.59 Å². The molecule has 0 amide bonds. The van der Waals surface area contributed by atoms with Crippen LogP contribution in [0.4, 0.5) is 0 Å². The van der Waals surface area contributed by atoms with Crippen molar-refractivity contribution >= 4 is 11.9 Å². The summed E-state index contributed by atoms with van der Waals surface area (Å²) in [6.45, 7) is 5.96. The molecule has 5 heteroatoms. The van der Waals surface area contributed by atoms with Crippen LogP contribution in [0.1, 0.15) is 33.6 Å². The summed E-state index contributed by atoms with van der Waals surface area (Å²) >= 11 is 0. The molecule has 16 heavy (non-hydrogen) atoms. The van der Waals surface area contributed by atoms with Gasteiger partial charge >= 0.3 is 11.9 Å². The molecule has 0 aromatic carbocycles. The van der Waals surface area contributed by atoms with Crippen molar-refractivity contribution in [3.63, 3.8) is 0 Å². The molecule has 0 aromatic rings. The van der Waals surface area contributed by atoms with E-state index >= 15 is 0 Å². The van der Waals surface area contributed by atoms with E-state index in [9.17, 15) is 9.59 Å². The SMILES string of the molecule is CC(C)(C)OC(=O)[C@@H]1CCCN[C@H]1C(=O)O. The van der Waals surface area contributed by atoms with E-state index in [4.69, 9.17) is 9.84 Å². The predicted octanol–water partition coefficient (Wildman–Crippen LogP) is 0.781. The zero-order valence-electron chi connectivity index (χ0n) is 9.95. The molecule has 0 aliphatic carbocycles. The van der Waals surface area contributed by atoms with E-state index in [-0.39, 0.29) is 0 Å². The van der Waals surface area contributed by atoms with Crippen LogP contribution in [0.25, 0.3) is 0 Å². The summed E-state index contributed by atoms with van der Waals surface area (Å²) in [6.07, 6.45) is 1.37. The number of hydrogen-bond donors (Lipinski definition) is 2. The minimum absolute atomic E-state index is 0.424. The van der Waals surface area contributed by atoms with Crippen LogP contribution in [0.2, 0.25) is 0 Å². The molecule has 0 aromatic heterocycles. The lowest BCUT2D eigenvalue weighted by atomic mass is 9.91. The normalized spacial score (nSPS) is 26.2. The van der Waals surface area contributed by atoms with Gasteiger partial charge in [-0.25, -0.2) is 0 Å². The minimum atomic E-state index is -0.990. The maximum absolute atomic E-state index is 11.8. The Morgan fingerprint density at radius 3 is 2.50 bits per heavy atom. The second-order valence-corrected chi connectivity index (χ2v) is 5.05. The molecule has 1 aliphatic heterocycles. The van der Waals surface area contributed by atoms with Gasteiger partial charge in [0.1, 0.15) is 11.6 Å². The number of esters is 1. The molecule has 1 saturated heterocycles. The van der Waals surface area contributed by atoms with Crippen LogP contribution in [0.3, 0.4) is 0 Å². The quantitative estimate of drug-likeness (QED) is 0.684. The minimum Gasteiger partial charge on any atom is -0.480 e. The molecule has 1 aliphatic rings. The van der Waals surface area contributed by atoms with E-state index in [0.717, 1.165) is 6.42 Å². The van der Waals surface area contributed by atoms with Crippen molar-refractivity contribution in [2.24, 2.45) is 5.92 Å². The van der Waals surface area contributed by atoms with E-state index in [1.807, 2.05) is 0 Å². The number of nitrogens with one attached hydrogen (secondary N) is 1. The third-order valence-corrected chi connectivity index (χ3v) is 2.43. The molecular weight excluding hydrogens is 210 g/mol. The topological polar surface area (TPSA) is 75.6 Å². The van der Waals surface area contributed by atoms with Crippen molar-refractivity contribution in [3.05, 3.63) is 0 Å². The smallest absolute Gasteiger partial charge is 0.321 e. The van der Waals surface area contributed by atoms with Crippen LogP contribution in [-0.4, -0.2) is 35.2 Å². The number of carboxylic acid groups (broad SMARTS) is 1. The van der Waals surface area contributed by atoms with Crippen molar-refractivity contribution in [1.82, 2.24) is 5.32 Å². The molecular formula is C11H19NO4. The first kappa shape index (κ1) is 13.0. The summed E-state index contributed by atoms with van der Waals surface area (Å²) in [4.78, 5) is 22.8. The fourth-order valence-electron chi connectivity index (χ4n) is 1.78. The average Bonchev–Trinajstić information content (AvgIpc) is 2.15. The van der Waals surface area contributed by atoms with Crippen molar-refractivity contribution in [3.8, 4) is 0 Å². The lowest BCUT2D eigenvalue weighted by molar-refractivity contribution is -0.165. The Balaban J connectivity index is 2.68. The molecule has 2 atom stereocenters. The number of carbonyl (C=O) groups excluding carboxylic acids is 1. The fraction of sp³-hybridized carbons (Fsp3) is 0.818. The van der Waals surface area contributed by atoms with Gasteiger partial charge in [0, 0.05) is 0 Å². The number of ether oxygens (including phenoxy) is 1. The van der Waals surface area contributed by atoms with E-state index in [2.05, 4.69) is 5.32 Å². The van der Waals surface area contributed by atoms with Crippen LogP contribution >= 0.6 is 0 Å². The number of aliphatic carboxylic acids is 1. The summed E-state index contributed by atoms with van der Waals surface area (Å²) in [5, 5.41) is 11.8. The number of carbonyl (C=O) groups is 2. The molecule has 0 unspecified atom stereocenters. The van der Waals surface area contributed by atoms with E-state index in [1.165, 1.54) is 0 Å². The molecule has 1 rings (SSSR count). The molecule has 0 radical (unpaired) electrons. The van der Waals surface area contributed by atoms with Gasteiger partial charge in [0.25, 0.3) is 0 Å². The fourth-order valence-corrected chi connectivity index (χ4v) is 1.78. The van der Waals surface area contributed by atoms with E-state index < -0.39 is 29.5 Å². The van der Waals surface area contributed by atoms with Crippen LogP contribution in [-0.2, 0) is 14.3 Å². The highest BCUT2D eigenvalue weighted by Gasteiger charge is 2.38. The third kappa shape index (κ3) is 3.48. The summed E-state index contributed by atoms with van der Waals surface area (Å²) in [7, 11) is 0. The lowest BCUT2D eigenvalue weighted by Crippen LogP contribution is -2.50. The van der Waals surface area contributed by atoms with Crippen molar-refractivity contribution in [2.75, 3.05) is 6.54 Å². The Hall–Kier alpha value is -1.10. The van der Waals surface area contributed by atoms with Crippen LogP contribution in [0, 0.1) is 5.92 Å². The zero-order chi connectivity index (χ0) is 12.3. The van der Waals surface area contributed by atoms with Gasteiger partial charge in [-0.2, -0.15) is 0 Å². The standard InChI is InChI=1S/C11H19NO4/c1-11(2,3)16-10(15)7-5-4-6-12-8(7)9(13)14/h7-8,12H,4-6H2,1-3H3,(H,13,14)/t7-,8-/m1/s1. The van der Waals surface area contributed by atoms with Crippen LogP contribution < -0.4 is 5.32 Å². The second-order valence-electron chi connectivity index (χ2n) is 5.05. The first-order valence-electron chi connectivity index (χ1n) is 5.50. The summed E-state index contributed by atoms with van der Waals surface area (Å²) in [6, 6.07) is -0.816. The Morgan fingerprint density at radius 2 is 2.00 bits per heavy atom. The molecule has 1 heterocycles. The van der Waals surface area contributed by atoms with Gasteiger partial charge in [0.2, 0.25) is 0 Å². The molecule has 1 fully saturated rings. The second kappa shape index (κ2) is 4.82. The maximum atomic E-state index is 11.8. The van der Waals surface area contributed by atoms with Crippen molar-refractivity contribution in [1.29, 1.82) is 0 Å². The van der Waals surface area contributed by atoms with Crippen LogP contribution in [0.5, 0.6) is 0 Å². The third-order valence-electron chi connectivity index (χ3n) is 2.43. The Morgan fingerprint density at radius 1 is 1.38 bits per heavy atom. The predicted molar refractivity (Wildman–Crippen MR) is 58.0 cm³/mol. The van der Waals surface area contributed by atoms with Crippen molar-refractivity contribution < 1.29 is 19.4 Å². The van der Waals surface area contributed by atoms with Gasteiger partial charge in [0.05, 0.1) is 5.92 Å². The highest BCUT2D eigenvalue weighted by Crippen LogP contribution is 2.21. The lowest BCUT2D eigenvalue weighted by Gasteiger charge is -2.30. The molecule has 0 bridgehead atoms. The zero-order valence-corrected chi connectivity index (χ0v) is 9.95. The highest BCUT2D eigenvalue weighted by atomic mass is 16.6. The number of hydrogen-bond acceptors (Lipinski definition) is 4. The Bertz CT molecular complexity index is 282. The van der Waals surface area contributed by atoms with Gasteiger partial charge in [-0.15, -0.1) is 0 Å². The van der Waals surface area contributed by atoms with Gasteiger partial charge in [-0.1, -0.05) is 0 Å². The molecule has 5 nitrogen and oxygen atoms in total. The Kier molecular flexibility index (Phi) is 3.91. The van der Waals surface area contributed by atoms with E-state index in [1.54, 1.807) is 20.8 Å². The number of piperidine rings is 1. The first-order chi connectivity index (χ1) is 7.31. The van der Waals surface area contributed by atoms with Gasteiger partial charge in [0.15, 0.2) is 0 Å². The Labute approximate surface area is 95.2 Å². The maximum Gasteiger partial charge on any atom is 0.321 e. The monoisotopic (exact) mass is 229 g/mol.